The van der Waals surface area contributed by atoms with Crippen molar-refractivity contribution in [3.05, 3.63) is 39.1 Å². The summed E-state index contributed by atoms with van der Waals surface area (Å²) in [5, 5.41) is 4.84. The van der Waals surface area contributed by atoms with Gasteiger partial charge in [0.2, 0.25) is 0 Å². The summed E-state index contributed by atoms with van der Waals surface area (Å²) in [7, 11) is 0. The quantitative estimate of drug-likeness (QED) is 0.753. The van der Waals surface area contributed by atoms with Crippen LogP contribution in [0.2, 0.25) is 0 Å². The number of thiophene rings is 2. The van der Waals surface area contributed by atoms with Crippen LogP contribution < -0.4 is 10.5 Å². The van der Waals surface area contributed by atoms with Crippen molar-refractivity contribution in [2.75, 3.05) is 13.1 Å². The molecule has 1 atom stereocenters. The standard InChI is InChI=1S/C18H21N3OS2/c1-12(21-8-4-2-3-5-9-21)16-19-17(22)15-13(11-24-18(15)20-16)14-7-6-10-23-14/h6-7,10-12H,2-5,8-9H2,1H3,(H,19,20,22)/p+1/t12-/m1/s1. The Morgan fingerprint density at radius 2 is 2.00 bits per heavy atom. The lowest BCUT2D eigenvalue weighted by Gasteiger charge is -2.23. The van der Waals surface area contributed by atoms with Gasteiger partial charge in [-0.25, -0.2) is 4.98 Å². The minimum Gasteiger partial charge on any atom is -0.326 e. The van der Waals surface area contributed by atoms with Gasteiger partial charge in [0, 0.05) is 15.8 Å². The van der Waals surface area contributed by atoms with Crippen LogP contribution in [-0.4, -0.2) is 23.1 Å². The summed E-state index contributed by atoms with van der Waals surface area (Å²) in [4.78, 5) is 24.2. The van der Waals surface area contributed by atoms with Crippen molar-refractivity contribution in [3.63, 3.8) is 0 Å². The molecule has 0 saturated carbocycles. The second-order valence-corrected chi connectivity index (χ2v) is 8.36. The van der Waals surface area contributed by atoms with Crippen LogP contribution in [-0.2, 0) is 0 Å². The second kappa shape index (κ2) is 6.78. The van der Waals surface area contributed by atoms with E-state index in [0.29, 0.717) is 0 Å². The molecule has 4 nitrogen and oxygen atoms in total. The van der Waals surface area contributed by atoms with E-state index in [0.717, 1.165) is 26.5 Å². The Bertz CT molecular complexity index is 873. The Hall–Kier alpha value is -1.50. The van der Waals surface area contributed by atoms with E-state index in [2.05, 4.69) is 23.4 Å². The van der Waals surface area contributed by atoms with Crippen LogP contribution in [0.4, 0.5) is 0 Å². The number of hydrogen-bond donors (Lipinski definition) is 2. The lowest BCUT2D eigenvalue weighted by molar-refractivity contribution is -0.929. The Balaban J connectivity index is 1.72. The van der Waals surface area contributed by atoms with Crippen molar-refractivity contribution in [1.82, 2.24) is 9.97 Å². The number of nitrogens with one attached hydrogen (secondary N) is 2. The molecule has 0 spiro atoms. The summed E-state index contributed by atoms with van der Waals surface area (Å²) in [5.41, 5.74) is 1.01. The largest absolute Gasteiger partial charge is 0.326 e. The van der Waals surface area contributed by atoms with Crippen LogP contribution >= 0.6 is 22.7 Å². The molecule has 2 N–H and O–H groups in total. The molecule has 3 aromatic rings. The van der Waals surface area contributed by atoms with E-state index in [9.17, 15) is 4.79 Å². The van der Waals surface area contributed by atoms with E-state index in [1.165, 1.54) is 38.8 Å². The van der Waals surface area contributed by atoms with E-state index < -0.39 is 0 Å². The summed E-state index contributed by atoms with van der Waals surface area (Å²) in [6.07, 6.45) is 5.20. The number of nitrogens with zero attached hydrogens (tertiary/aromatic N) is 1. The fourth-order valence-electron chi connectivity index (χ4n) is 3.59. The highest BCUT2D eigenvalue weighted by Gasteiger charge is 2.24. The molecular formula is C18H22N3OS2+. The molecule has 4 rings (SSSR count). The van der Waals surface area contributed by atoms with Crippen molar-refractivity contribution >= 4 is 32.9 Å². The summed E-state index contributed by atoms with van der Waals surface area (Å²) in [6.45, 7) is 4.54. The minimum absolute atomic E-state index is 0.000668. The van der Waals surface area contributed by atoms with Crippen LogP contribution in [0.5, 0.6) is 0 Å². The zero-order chi connectivity index (χ0) is 16.5. The van der Waals surface area contributed by atoms with Crippen molar-refractivity contribution in [1.29, 1.82) is 0 Å². The summed E-state index contributed by atoms with van der Waals surface area (Å²) in [6, 6.07) is 4.32. The molecule has 1 aliphatic heterocycles. The average Bonchev–Trinajstić information content (AvgIpc) is 3.17. The number of rotatable bonds is 3. The van der Waals surface area contributed by atoms with Crippen molar-refractivity contribution in [3.8, 4) is 10.4 Å². The molecule has 0 bridgehead atoms. The van der Waals surface area contributed by atoms with Gasteiger partial charge in [-0.3, -0.25) is 4.79 Å². The first-order valence-electron chi connectivity index (χ1n) is 8.64. The molecule has 4 heterocycles. The predicted molar refractivity (Wildman–Crippen MR) is 101 cm³/mol. The number of aromatic amines is 1. The van der Waals surface area contributed by atoms with Gasteiger partial charge in [0.1, 0.15) is 10.9 Å². The van der Waals surface area contributed by atoms with Gasteiger partial charge < -0.3 is 9.88 Å². The fraction of sp³-hybridized carbons (Fsp3) is 0.444. The molecule has 1 saturated heterocycles. The number of fused-ring (bicyclic) bond motifs is 1. The van der Waals surface area contributed by atoms with Gasteiger partial charge in [0.15, 0.2) is 5.82 Å². The molecule has 6 heteroatoms. The third kappa shape index (κ3) is 2.94. The molecule has 0 aliphatic carbocycles. The number of quaternary nitrogens is 1. The highest BCUT2D eigenvalue weighted by molar-refractivity contribution is 7.18. The van der Waals surface area contributed by atoms with E-state index >= 15 is 0 Å². The fourth-order valence-corrected chi connectivity index (χ4v) is 5.36. The number of likely N-dealkylation sites (tertiary alicyclic amines) is 1. The van der Waals surface area contributed by atoms with Crippen LogP contribution in [0.1, 0.15) is 44.5 Å². The maximum atomic E-state index is 12.7. The van der Waals surface area contributed by atoms with Crippen LogP contribution in [0.15, 0.2) is 27.7 Å². The molecule has 0 aromatic carbocycles. The van der Waals surface area contributed by atoms with Gasteiger partial charge in [0.05, 0.1) is 18.5 Å². The molecular weight excluding hydrogens is 338 g/mol. The van der Waals surface area contributed by atoms with Crippen LogP contribution in [0.25, 0.3) is 20.7 Å². The van der Waals surface area contributed by atoms with Crippen LogP contribution in [0.3, 0.4) is 0 Å². The first-order valence-corrected chi connectivity index (χ1v) is 10.4. The van der Waals surface area contributed by atoms with Crippen molar-refractivity contribution in [2.24, 2.45) is 0 Å². The smallest absolute Gasteiger partial charge is 0.260 e. The molecule has 0 amide bonds. The predicted octanol–water partition coefficient (Wildman–Crippen LogP) is 3.23. The summed E-state index contributed by atoms with van der Waals surface area (Å²) < 4.78 is 0. The topological polar surface area (TPSA) is 50.2 Å². The molecule has 24 heavy (non-hydrogen) atoms. The number of aromatic nitrogens is 2. The maximum Gasteiger partial charge on any atom is 0.260 e. The Labute approximate surface area is 149 Å². The highest BCUT2D eigenvalue weighted by atomic mass is 32.1. The van der Waals surface area contributed by atoms with E-state index in [-0.39, 0.29) is 11.6 Å². The lowest BCUT2D eigenvalue weighted by Crippen LogP contribution is -3.11. The Kier molecular flexibility index (Phi) is 4.52. The Morgan fingerprint density at radius 1 is 1.21 bits per heavy atom. The number of hydrogen-bond acceptors (Lipinski definition) is 4. The van der Waals surface area contributed by atoms with E-state index in [4.69, 9.17) is 4.98 Å². The molecule has 1 fully saturated rings. The zero-order valence-corrected chi connectivity index (χ0v) is 15.4. The molecule has 126 valence electrons. The average molecular weight is 361 g/mol. The molecule has 0 unspecified atom stereocenters. The minimum atomic E-state index is 0.000668. The third-order valence-corrected chi connectivity index (χ3v) is 6.79. The highest BCUT2D eigenvalue weighted by Crippen LogP contribution is 2.33. The third-order valence-electron chi connectivity index (χ3n) is 5.02. The molecule has 0 radical (unpaired) electrons. The second-order valence-electron chi connectivity index (χ2n) is 6.55. The summed E-state index contributed by atoms with van der Waals surface area (Å²) >= 11 is 3.24. The van der Waals surface area contributed by atoms with Gasteiger partial charge in [-0.05, 0) is 44.1 Å². The van der Waals surface area contributed by atoms with E-state index in [1.54, 1.807) is 27.6 Å². The van der Waals surface area contributed by atoms with Crippen LogP contribution in [0, 0.1) is 0 Å². The number of H-pyrrole nitrogens is 1. The van der Waals surface area contributed by atoms with Gasteiger partial charge in [-0.15, -0.1) is 22.7 Å². The SMILES string of the molecule is C[C@H](c1nc2scc(-c3cccs3)c2c(=O)[nH]1)[NH+]1CCCCCC1. The first kappa shape index (κ1) is 16.0. The maximum absolute atomic E-state index is 12.7. The first-order chi connectivity index (χ1) is 11.7. The van der Waals surface area contributed by atoms with Gasteiger partial charge >= 0.3 is 0 Å². The van der Waals surface area contributed by atoms with Gasteiger partial charge in [-0.2, -0.15) is 0 Å². The van der Waals surface area contributed by atoms with Gasteiger partial charge in [0.25, 0.3) is 5.56 Å². The van der Waals surface area contributed by atoms with E-state index in [1.807, 2.05) is 11.4 Å². The molecule has 1 aliphatic rings. The Morgan fingerprint density at radius 3 is 2.71 bits per heavy atom. The van der Waals surface area contributed by atoms with Crippen molar-refractivity contribution < 1.29 is 4.90 Å². The van der Waals surface area contributed by atoms with Crippen molar-refractivity contribution in [2.45, 2.75) is 38.6 Å². The normalized spacial score (nSPS) is 17.9. The lowest BCUT2D eigenvalue weighted by atomic mass is 10.2. The molecule has 3 aromatic heterocycles. The van der Waals surface area contributed by atoms with Gasteiger partial charge in [-0.1, -0.05) is 6.07 Å². The zero-order valence-electron chi connectivity index (χ0n) is 13.8. The summed E-state index contributed by atoms with van der Waals surface area (Å²) in [5.74, 6) is 0.837. The monoisotopic (exact) mass is 360 g/mol.